The van der Waals surface area contributed by atoms with Crippen LogP contribution in [0.1, 0.15) is 22.3 Å². The predicted molar refractivity (Wildman–Crippen MR) is 119 cm³/mol. The minimum atomic E-state index is 0.579. The van der Waals surface area contributed by atoms with Crippen molar-refractivity contribution in [3.8, 4) is 6.07 Å². The largest absolute Gasteiger partial charge is 0.352 e. The van der Waals surface area contributed by atoms with E-state index in [2.05, 4.69) is 46.4 Å². The molecule has 0 aliphatic carbocycles. The van der Waals surface area contributed by atoms with E-state index in [1.54, 1.807) is 0 Å². The maximum Gasteiger partial charge on any atom is 0.102 e. The molecule has 0 saturated carbocycles. The maximum absolute atomic E-state index is 9.98. The molecule has 1 aliphatic rings. The number of aryl methyl sites for hydroxylation is 2. The van der Waals surface area contributed by atoms with Gasteiger partial charge in [0.05, 0.1) is 28.4 Å². The van der Waals surface area contributed by atoms with Crippen molar-refractivity contribution >= 4 is 38.6 Å². The van der Waals surface area contributed by atoms with Gasteiger partial charge in [-0.2, -0.15) is 5.26 Å². The van der Waals surface area contributed by atoms with E-state index in [1.165, 1.54) is 0 Å². The molecular weight excluding hydrogens is 410 g/mol. The number of nitrogens with zero attached hydrogens (tertiary/aromatic N) is 2. The molecule has 0 fully saturated rings. The molecule has 0 saturated heterocycles. The first-order valence-electron chi connectivity index (χ1n) is 9.00. The van der Waals surface area contributed by atoms with Crippen LogP contribution < -0.4 is 5.32 Å². The summed E-state index contributed by atoms with van der Waals surface area (Å²) < 4.78 is 0.978. The van der Waals surface area contributed by atoms with Crippen LogP contribution in [0.5, 0.6) is 0 Å². The van der Waals surface area contributed by atoms with Crippen molar-refractivity contribution in [1.29, 1.82) is 5.26 Å². The van der Waals surface area contributed by atoms with E-state index in [4.69, 9.17) is 4.99 Å². The molecule has 3 aromatic rings. The number of nitriles is 1. The first-order valence-corrected chi connectivity index (χ1v) is 9.80. The minimum Gasteiger partial charge on any atom is -0.352 e. The third-order valence-electron chi connectivity index (χ3n) is 4.86. The van der Waals surface area contributed by atoms with Crippen LogP contribution in [0.2, 0.25) is 0 Å². The van der Waals surface area contributed by atoms with Crippen LogP contribution in [0, 0.1) is 25.2 Å². The van der Waals surface area contributed by atoms with Crippen LogP contribution >= 0.6 is 15.9 Å². The number of aliphatic imine (C=N–C) groups is 1. The zero-order chi connectivity index (χ0) is 19.7. The minimum absolute atomic E-state index is 0.579. The Morgan fingerprint density at radius 3 is 2.36 bits per heavy atom. The normalized spacial score (nSPS) is 15.7. The van der Waals surface area contributed by atoms with Gasteiger partial charge in [-0.25, -0.2) is 4.99 Å². The van der Waals surface area contributed by atoms with Crippen LogP contribution in [0.4, 0.5) is 11.4 Å². The van der Waals surface area contributed by atoms with Gasteiger partial charge in [0.25, 0.3) is 0 Å². The summed E-state index contributed by atoms with van der Waals surface area (Å²) in [7, 11) is 0. The first-order chi connectivity index (χ1) is 13.6. The molecule has 1 aliphatic heterocycles. The van der Waals surface area contributed by atoms with Gasteiger partial charge in [-0.1, -0.05) is 64.5 Å². The molecule has 3 nitrogen and oxygen atoms in total. The number of hydrogen-bond acceptors (Lipinski definition) is 3. The number of halogens is 1. The van der Waals surface area contributed by atoms with Gasteiger partial charge in [0, 0.05) is 10.0 Å². The molecule has 1 N–H and O–H groups in total. The molecular formula is C24H18BrN3. The van der Waals surface area contributed by atoms with E-state index in [0.29, 0.717) is 5.57 Å². The van der Waals surface area contributed by atoms with Gasteiger partial charge >= 0.3 is 0 Å². The molecule has 4 heteroatoms. The predicted octanol–water partition coefficient (Wildman–Crippen LogP) is 6.55. The highest BCUT2D eigenvalue weighted by Gasteiger charge is 2.27. The van der Waals surface area contributed by atoms with Crippen molar-refractivity contribution in [2.75, 3.05) is 5.32 Å². The van der Waals surface area contributed by atoms with Gasteiger partial charge in [0.2, 0.25) is 0 Å². The van der Waals surface area contributed by atoms with E-state index in [9.17, 15) is 5.26 Å². The van der Waals surface area contributed by atoms with E-state index in [0.717, 1.165) is 49.5 Å². The van der Waals surface area contributed by atoms with Crippen LogP contribution in [0.3, 0.4) is 0 Å². The van der Waals surface area contributed by atoms with Gasteiger partial charge in [-0.3, -0.25) is 0 Å². The zero-order valence-electron chi connectivity index (χ0n) is 15.6. The summed E-state index contributed by atoms with van der Waals surface area (Å²) >= 11 is 3.46. The lowest BCUT2D eigenvalue weighted by molar-refractivity contribution is 1.39. The average molecular weight is 428 g/mol. The van der Waals surface area contributed by atoms with Crippen molar-refractivity contribution in [3.05, 3.63) is 99.2 Å². The number of allylic oxidation sites excluding steroid dienone is 2. The Labute approximate surface area is 173 Å². The van der Waals surface area contributed by atoms with Crippen molar-refractivity contribution in [2.45, 2.75) is 13.8 Å². The average Bonchev–Trinajstić information content (AvgIpc) is 3.05. The van der Waals surface area contributed by atoms with Gasteiger partial charge in [-0.05, 0) is 48.7 Å². The molecule has 28 heavy (non-hydrogen) atoms. The monoisotopic (exact) mass is 427 g/mol. The lowest BCUT2D eigenvalue weighted by Crippen LogP contribution is -2.06. The number of benzene rings is 3. The Balaban J connectivity index is 1.98. The molecule has 0 radical (unpaired) electrons. The Kier molecular flexibility index (Phi) is 4.85. The molecule has 4 rings (SSSR count). The number of anilines is 1. The third-order valence-corrected chi connectivity index (χ3v) is 5.39. The van der Waals surface area contributed by atoms with Gasteiger partial charge in [0.15, 0.2) is 0 Å². The SMILES string of the molecule is Cc1ccccc1N=C1/C(=C(\C#N)c2ccc(Br)cc2)Nc2c(C)cccc21. The maximum atomic E-state index is 9.98. The number of rotatable bonds is 2. The lowest BCUT2D eigenvalue weighted by Gasteiger charge is -2.08. The van der Waals surface area contributed by atoms with Crippen LogP contribution in [0.15, 0.2) is 81.9 Å². The van der Waals surface area contributed by atoms with Crippen molar-refractivity contribution < 1.29 is 0 Å². The Bertz CT molecular complexity index is 1170. The van der Waals surface area contributed by atoms with Gasteiger partial charge < -0.3 is 5.32 Å². The highest BCUT2D eigenvalue weighted by molar-refractivity contribution is 9.10. The van der Waals surface area contributed by atoms with Crippen molar-refractivity contribution in [3.63, 3.8) is 0 Å². The summed E-state index contributed by atoms with van der Waals surface area (Å²) in [6.45, 7) is 4.11. The van der Waals surface area contributed by atoms with E-state index < -0.39 is 0 Å². The number of fused-ring (bicyclic) bond motifs is 1. The van der Waals surface area contributed by atoms with E-state index >= 15 is 0 Å². The molecule has 136 valence electrons. The number of nitrogens with one attached hydrogen (secondary N) is 1. The quantitative estimate of drug-likeness (QED) is 0.471. The van der Waals surface area contributed by atoms with E-state index in [1.807, 2.05) is 61.5 Å². The molecule has 0 amide bonds. The third kappa shape index (κ3) is 3.26. The fraction of sp³-hybridized carbons (Fsp3) is 0.0833. The summed E-state index contributed by atoms with van der Waals surface area (Å²) in [4.78, 5) is 4.97. The topological polar surface area (TPSA) is 48.2 Å². The fourth-order valence-electron chi connectivity index (χ4n) is 3.34. The van der Waals surface area contributed by atoms with Crippen LogP contribution in [-0.4, -0.2) is 5.71 Å². The van der Waals surface area contributed by atoms with Crippen molar-refractivity contribution in [2.24, 2.45) is 4.99 Å². The highest BCUT2D eigenvalue weighted by Crippen LogP contribution is 2.37. The second-order valence-corrected chi connectivity index (χ2v) is 7.65. The molecule has 1 heterocycles. The second kappa shape index (κ2) is 7.46. The summed E-state index contributed by atoms with van der Waals surface area (Å²) in [5, 5.41) is 13.5. The first kappa shape index (κ1) is 18.2. The van der Waals surface area contributed by atoms with E-state index in [-0.39, 0.29) is 0 Å². The number of para-hydroxylation sites is 2. The lowest BCUT2D eigenvalue weighted by atomic mass is 10.0. The summed E-state index contributed by atoms with van der Waals surface area (Å²) in [6, 6.07) is 24.3. The zero-order valence-corrected chi connectivity index (χ0v) is 17.2. The summed E-state index contributed by atoms with van der Waals surface area (Å²) in [5.41, 5.74) is 8.13. The van der Waals surface area contributed by atoms with Crippen molar-refractivity contribution in [1.82, 2.24) is 0 Å². The number of hydrogen-bond donors (Lipinski definition) is 1. The van der Waals surface area contributed by atoms with Gasteiger partial charge in [-0.15, -0.1) is 0 Å². The Hall–Kier alpha value is -3.16. The van der Waals surface area contributed by atoms with Crippen LogP contribution in [0.25, 0.3) is 5.57 Å². The molecule has 0 bridgehead atoms. The molecule has 0 atom stereocenters. The molecule has 0 aromatic heterocycles. The summed E-state index contributed by atoms with van der Waals surface area (Å²) in [6.07, 6.45) is 0. The smallest absolute Gasteiger partial charge is 0.102 e. The second-order valence-electron chi connectivity index (χ2n) is 6.74. The Morgan fingerprint density at radius 2 is 1.64 bits per heavy atom. The molecule has 0 spiro atoms. The molecule has 0 unspecified atom stereocenters. The molecule has 3 aromatic carbocycles. The van der Waals surface area contributed by atoms with Gasteiger partial charge in [0.1, 0.15) is 6.07 Å². The van der Waals surface area contributed by atoms with Crippen LogP contribution in [-0.2, 0) is 0 Å². The highest BCUT2D eigenvalue weighted by atomic mass is 79.9. The Morgan fingerprint density at radius 1 is 0.929 bits per heavy atom. The standard InChI is InChI=1S/C24H18BrN3/c1-15-6-3-4-9-21(15)27-23-19-8-5-7-16(2)22(19)28-24(23)20(14-26)17-10-12-18(25)13-11-17/h3-13,28H,1-2H3/b24-20-,27-23?. The summed E-state index contributed by atoms with van der Waals surface area (Å²) in [5.74, 6) is 0. The fourth-order valence-corrected chi connectivity index (χ4v) is 3.60.